The molecule has 0 aliphatic carbocycles. The molecule has 4 rings (SSSR count). The van der Waals surface area contributed by atoms with Crippen LogP contribution in [0.4, 0.5) is 0 Å². The zero-order valence-electron chi connectivity index (χ0n) is 17.8. The summed E-state index contributed by atoms with van der Waals surface area (Å²) < 4.78 is 1.94. The highest BCUT2D eigenvalue weighted by Crippen LogP contribution is 2.29. The minimum atomic E-state index is -0.716. The molecule has 2 heterocycles. The molecular weight excluding hydrogens is 398 g/mol. The lowest BCUT2D eigenvalue weighted by atomic mass is 10.0. The molecular formula is C26H23N5O. The predicted octanol–water partition coefficient (Wildman–Crippen LogP) is 4.40. The van der Waals surface area contributed by atoms with Gasteiger partial charge in [-0.05, 0) is 24.6 Å². The second-order valence-electron chi connectivity index (χ2n) is 7.15. The van der Waals surface area contributed by atoms with Crippen LogP contribution in [0, 0.1) is 6.92 Å². The average molecular weight is 422 g/mol. The summed E-state index contributed by atoms with van der Waals surface area (Å²) in [7, 11) is 0. The van der Waals surface area contributed by atoms with Gasteiger partial charge in [0.05, 0.1) is 11.4 Å². The van der Waals surface area contributed by atoms with Crippen molar-refractivity contribution in [3.63, 3.8) is 0 Å². The molecule has 0 radical (unpaired) electrons. The van der Waals surface area contributed by atoms with Gasteiger partial charge in [0.25, 0.3) is 0 Å². The zero-order valence-corrected chi connectivity index (χ0v) is 17.8. The van der Waals surface area contributed by atoms with E-state index in [0.717, 1.165) is 33.9 Å². The number of allylic oxidation sites excluding steroid dienone is 5. The number of aromatic nitrogens is 3. The smallest absolute Gasteiger partial charge is 0.245 e. The number of carbonyl (C=O) groups excluding carboxylic acids is 1. The lowest BCUT2D eigenvalue weighted by molar-refractivity contribution is -0.117. The summed E-state index contributed by atoms with van der Waals surface area (Å²) in [6.45, 7) is 9.30. The third-order valence-corrected chi connectivity index (χ3v) is 5.05. The van der Waals surface area contributed by atoms with Gasteiger partial charge in [-0.3, -0.25) is 14.4 Å². The van der Waals surface area contributed by atoms with Crippen molar-refractivity contribution in [3.8, 4) is 5.69 Å². The highest BCUT2D eigenvalue weighted by atomic mass is 16.1. The van der Waals surface area contributed by atoms with E-state index in [4.69, 9.17) is 4.99 Å². The van der Waals surface area contributed by atoms with Gasteiger partial charge < -0.3 is 5.32 Å². The monoisotopic (exact) mass is 421 g/mol. The van der Waals surface area contributed by atoms with Gasteiger partial charge in [-0.1, -0.05) is 79.9 Å². The molecule has 6 heteroatoms. The van der Waals surface area contributed by atoms with Gasteiger partial charge in [0.15, 0.2) is 12.0 Å². The van der Waals surface area contributed by atoms with E-state index >= 15 is 0 Å². The maximum absolute atomic E-state index is 12.8. The average Bonchev–Trinajstić information content (AvgIpc) is 3.14. The van der Waals surface area contributed by atoms with Crippen molar-refractivity contribution in [1.82, 2.24) is 20.1 Å². The van der Waals surface area contributed by atoms with E-state index in [0.29, 0.717) is 5.82 Å². The molecule has 1 aliphatic heterocycles. The number of rotatable bonds is 6. The number of fused-ring (bicyclic) bond motifs is 3. The summed E-state index contributed by atoms with van der Waals surface area (Å²) in [5.74, 6) is 0.962. The molecule has 1 amide bonds. The van der Waals surface area contributed by atoms with E-state index in [1.807, 2.05) is 66.1 Å². The SMILES string of the molecule is C=C/C=C(C=C)/C=C/C(=O)NC1N=C(c2ccccc2)c2ccccc2-n2c(C)nnc21. The van der Waals surface area contributed by atoms with Gasteiger partial charge in [-0.15, -0.1) is 10.2 Å². The fraction of sp³-hybridized carbons (Fsp3) is 0.0769. The van der Waals surface area contributed by atoms with Crippen LogP contribution in [0.2, 0.25) is 0 Å². The molecule has 1 atom stereocenters. The van der Waals surface area contributed by atoms with Crippen molar-refractivity contribution in [2.75, 3.05) is 0 Å². The summed E-state index contributed by atoms with van der Waals surface area (Å²) in [6, 6.07) is 17.9. The number of aryl methyl sites for hydroxylation is 1. The van der Waals surface area contributed by atoms with E-state index in [1.165, 1.54) is 6.08 Å². The number of nitrogens with one attached hydrogen (secondary N) is 1. The van der Waals surface area contributed by atoms with Crippen LogP contribution < -0.4 is 5.32 Å². The van der Waals surface area contributed by atoms with E-state index < -0.39 is 6.17 Å². The first-order chi connectivity index (χ1) is 15.6. The van der Waals surface area contributed by atoms with Crippen molar-refractivity contribution in [1.29, 1.82) is 0 Å². The maximum atomic E-state index is 12.8. The Balaban J connectivity index is 1.80. The maximum Gasteiger partial charge on any atom is 0.245 e. The first kappa shape index (κ1) is 20.9. The first-order valence-corrected chi connectivity index (χ1v) is 10.2. The predicted molar refractivity (Wildman–Crippen MR) is 127 cm³/mol. The Morgan fingerprint density at radius 3 is 2.53 bits per heavy atom. The Morgan fingerprint density at radius 2 is 1.78 bits per heavy atom. The molecule has 3 aromatic rings. The molecule has 0 fully saturated rings. The molecule has 0 saturated heterocycles. The molecule has 2 aromatic carbocycles. The summed E-state index contributed by atoms with van der Waals surface area (Å²) in [5.41, 5.74) is 4.37. The van der Waals surface area contributed by atoms with Crippen LogP contribution in [0.1, 0.15) is 28.9 Å². The van der Waals surface area contributed by atoms with Gasteiger partial charge >= 0.3 is 0 Å². The Morgan fingerprint density at radius 1 is 1.03 bits per heavy atom. The first-order valence-electron chi connectivity index (χ1n) is 10.2. The van der Waals surface area contributed by atoms with E-state index in [-0.39, 0.29) is 5.91 Å². The molecule has 1 aromatic heterocycles. The van der Waals surface area contributed by atoms with Crippen molar-refractivity contribution in [2.45, 2.75) is 13.1 Å². The Hall–Kier alpha value is -4.32. The summed E-state index contributed by atoms with van der Waals surface area (Å²) in [6.07, 6.45) is 7.47. The van der Waals surface area contributed by atoms with Crippen molar-refractivity contribution < 1.29 is 4.79 Å². The molecule has 6 nitrogen and oxygen atoms in total. The summed E-state index contributed by atoms with van der Waals surface area (Å²) >= 11 is 0. The molecule has 0 bridgehead atoms. The van der Waals surface area contributed by atoms with Crippen LogP contribution in [-0.4, -0.2) is 26.4 Å². The van der Waals surface area contributed by atoms with Crippen LogP contribution in [0.15, 0.2) is 109 Å². The van der Waals surface area contributed by atoms with Gasteiger partial charge in [-0.2, -0.15) is 0 Å². The van der Waals surface area contributed by atoms with Crippen LogP contribution in [0.3, 0.4) is 0 Å². The highest BCUT2D eigenvalue weighted by Gasteiger charge is 2.28. The highest BCUT2D eigenvalue weighted by molar-refractivity contribution is 6.15. The molecule has 0 saturated carbocycles. The standard InChI is InChI=1S/C26H23N5O/c1-4-11-19(5-2)16-17-23(32)27-25-26-30-29-18(3)31(26)22-15-10-9-14-21(22)24(28-25)20-12-7-6-8-13-20/h4-17,25H,1-2H2,3H3,(H,27,32)/b17-16+,19-11+. The number of hydrogen-bond donors (Lipinski definition) is 1. The fourth-order valence-electron chi connectivity index (χ4n) is 3.58. The second-order valence-corrected chi connectivity index (χ2v) is 7.15. The Bertz CT molecular complexity index is 1260. The number of aliphatic imine (C=N–C) groups is 1. The molecule has 1 aliphatic rings. The lowest BCUT2D eigenvalue weighted by Crippen LogP contribution is -2.28. The van der Waals surface area contributed by atoms with Crippen LogP contribution in [-0.2, 0) is 4.79 Å². The zero-order chi connectivity index (χ0) is 22.5. The van der Waals surface area contributed by atoms with Gasteiger partial charge in [0, 0.05) is 17.2 Å². The van der Waals surface area contributed by atoms with Gasteiger partial charge in [0.2, 0.25) is 5.91 Å². The number of hydrogen-bond acceptors (Lipinski definition) is 4. The van der Waals surface area contributed by atoms with Crippen LogP contribution in [0.25, 0.3) is 5.69 Å². The number of para-hydroxylation sites is 1. The summed E-state index contributed by atoms with van der Waals surface area (Å²) in [4.78, 5) is 17.7. The minimum Gasteiger partial charge on any atom is -0.324 e. The van der Waals surface area contributed by atoms with E-state index in [2.05, 4.69) is 28.7 Å². The number of carbonyl (C=O) groups is 1. The van der Waals surface area contributed by atoms with Crippen molar-refractivity contribution in [3.05, 3.63) is 126 Å². The Labute approximate surface area is 187 Å². The topological polar surface area (TPSA) is 72.2 Å². The van der Waals surface area contributed by atoms with Crippen LogP contribution in [0.5, 0.6) is 0 Å². The number of benzene rings is 2. The third-order valence-electron chi connectivity index (χ3n) is 5.05. The molecule has 158 valence electrons. The van der Waals surface area contributed by atoms with Gasteiger partial charge in [-0.25, -0.2) is 0 Å². The third kappa shape index (κ3) is 4.11. The minimum absolute atomic E-state index is 0.305. The van der Waals surface area contributed by atoms with Crippen molar-refractivity contribution >= 4 is 11.6 Å². The number of amides is 1. The molecule has 1 unspecified atom stereocenters. The van der Waals surface area contributed by atoms with Crippen molar-refractivity contribution in [2.24, 2.45) is 4.99 Å². The van der Waals surface area contributed by atoms with Gasteiger partial charge in [0.1, 0.15) is 5.82 Å². The second kappa shape index (κ2) is 9.22. The lowest BCUT2D eigenvalue weighted by Gasteiger charge is -2.13. The quantitative estimate of drug-likeness (QED) is 0.474. The van der Waals surface area contributed by atoms with E-state index in [1.54, 1.807) is 24.3 Å². The fourth-order valence-corrected chi connectivity index (χ4v) is 3.58. The summed E-state index contributed by atoms with van der Waals surface area (Å²) in [5, 5.41) is 11.6. The molecule has 0 spiro atoms. The molecule has 1 N–H and O–H groups in total. The molecule has 32 heavy (non-hydrogen) atoms. The van der Waals surface area contributed by atoms with Crippen LogP contribution >= 0.6 is 0 Å². The Kier molecular flexibility index (Phi) is 6.03. The van der Waals surface area contributed by atoms with E-state index in [9.17, 15) is 4.79 Å². The normalized spacial score (nSPS) is 15.3. The number of nitrogens with zero attached hydrogens (tertiary/aromatic N) is 4. The largest absolute Gasteiger partial charge is 0.324 e.